The van der Waals surface area contributed by atoms with Crippen molar-refractivity contribution in [2.24, 2.45) is 0 Å². The summed E-state index contributed by atoms with van der Waals surface area (Å²) < 4.78 is 0. The Morgan fingerprint density at radius 3 is 2.57 bits per heavy atom. The average Bonchev–Trinajstić information content (AvgIpc) is 3.14. The lowest BCUT2D eigenvalue weighted by molar-refractivity contribution is -0.129. The quantitative estimate of drug-likeness (QED) is 0.851. The minimum absolute atomic E-state index is 0.193. The van der Waals surface area contributed by atoms with Crippen molar-refractivity contribution in [2.75, 3.05) is 37.0 Å². The van der Waals surface area contributed by atoms with Gasteiger partial charge in [-0.1, -0.05) is 0 Å². The molecule has 2 atom stereocenters. The molecule has 6 nitrogen and oxygen atoms in total. The summed E-state index contributed by atoms with van der Waals surface area (Å²) in [5, 5.41) is 0. The Bertz CT molecular complexity index is 588. The number of carbonyl (C=O) groups excluding carboxylic acids is 1. The van der Waals surface area contributed by atoms with Crippen LogP contribution in [0.1, 0.15) is 38.3 Å². The fraction of sp³-hybridized carbons (Fsp3) is 0.706. The number of nitrogens with zero attached hydrogens (tertiary/aromatic N) is 5. The molecule has 1 amide bonds. The maximum absolute atomic E-state index is 11.9. The van der Waals surface area contributed by atoms with Crippen molar-refractivity contribution in [2.45, 2.75) is 51.6 Å². The van der Waals surface area contributed by atoms with E-state index in [2.05, 4.69) is 9.88 Å². The maximum atomic E-state index is 11.9. The molecule has 23 heavy (non-hydrogen) atoms. The van der Waals surface area contributed by atoms with E-state index in [0.29, 0.717) is 12.1 Å². The monoisotopic (exact) mass is 317 g/mol. The molecule has 126 valence electrons. The third kappa shape index (κ3) is 3.12. The van der Waals surface area contributed by atoms with Gasteiger partial charge in [0.2, 0.25) is 11.9 Å². The van der Waals surface area contributed by atoms with E-state index in [9.17, 15) is 4.79 Å². The van der Waals surface area contributed by atoms with Crippen molar-refractivity contribution in [3.05, 3.63) is 11.8 Å². The summed E-state index contributed by atoms with van der Waals surface area (Å²) in [6.07, 6.45) is 4.45. The van der Waals surface area contributed by atoms with Crippen molar-refractivity contribution in [1.29, 1.82) is 0 Å². The first-order valence-electron chi connectivity index (χ1n) is 8.54. The van der Waals surface area contributed by atoms with Gasteiger partial charge in [0, 0.05) is 45.9 Å². The van der Waals surface area contributed by atoms with Gasteiger partial charge in [-0.3, -0.25) is 4.79 Å². The van der Waals surface area contributed by atoms with Crippen LogP contribution in [0.5, 0.6) is 0 Å². The normalized spacial score (nSPS) is 24.3. The van der Waals surface area contributed by atoms with Crippen LogP contribution in [-0.2, 0) is 4.79 Å². The second kappa shape index (κ2) is 6.34. The maximum Gasteiger partial charge on any atom is 0.227 e. The third-order valence-electron chi connectivity index (χ3n) is 4.99. The number of hydrogen-bond donors (Lipinski definition) is 0. The molecule has 0 bridgehead atoms. The number of anilines is 2. The Labute approximate surface area is 138 Å². The summed E-state index contributed by atoms with van der Waals surface area (Å²) in [5.74, 6) is 1.94. The highest BCUT2D eigenvalue weighted by Gasteiger charge is 2.39. The van der Waals surface area contributed by atoms with Crippen LogP contribution in [0.2, 0.25) is 0 Å². The molecular formula is C17H27N5O. The molecule has 1 aromatic rings. The number of likely N-dealkylation sites (tertiary alicyclic amines) is 1. The summed E-state index contributed by atoms with van der Waals surface area (Å²) in [6, 6.07) is 2.66. The van der Waals surface area contributed by atoms with Gasteiger partial charge in [-0.25, -0.2) is 4.98 Å². The lowest BCUT2D eigenvalue weighted by Gasteiger charge is -2.35. The molecule has 2 aliphatic rings. The standard InChI is InChI=1S/C17H27N5O/c1-12-11-16(20(3)4)19-17(18-12)22-10-6-8-15(22)14-7-5-9-21(14)13(2)23/h11,14-15H,5-10H2,1-4H3/t14-,15-/m1/s1. The molecule has 0 aliphatic carbocycles. The first kappa shape index (κ1) is 16.0. The lowest BCUT2D eigenvalue weighted by atomic mass is 10.0. The highest BCUT2D eigenvalue weighted by molar-refractivity contribution is 5.74. The minimum Gasteiger partial charge on any atom is -0.363 e. The van der Waals surface area contributed by atoms with Crippen LogP contribution in [0.3, 0.4) is 0 Å². The SMILES string of the molecule is CC(=O)N1CCC[C@@H]1[C@H]1CCCN1c1nc(C)cc(N(C)C)n1. The predicted molar refractivity (Wildman–Crippen MR) is 91.9 cm³/mol. The van der Waals surface area contributed by atoms with Crippen LogP contribution in [0.15, 0.2) is 6.07 Å². The van der Waals surface area contributed by atoms with E-state index in [1.54, 1.807) is 6.92 Å². The zero-order valence-corrected chi connectivity index (χ0v) is 14.6. The van der Waals surface area contributed by atoms with Gasteiger partial charge in [-0.2, -0.15) is 4.98 Å². The number of aryl methyl sites for hydroxylation is 1. The van der Waals surface area contributed by atoms with Gasteiger partial charge in [-0.15, -0.1) is 0 Å². The first-order chi connectivity index (χ1) is 11.0. The molecule has 0 saturated carbocycles. The zero-order chi connectivity index (χ0) is 16.6. The van der Waals surface area contributed by atoms with E-state index in [1.807, 2.05) is 36.9 Å². The number of carbonyl (C=O) groups is 1. The molecule has 0 N–H and O–H groups in total. The second-order valence-electron chi connectivity index (χ2n) is 6.89. The zero-order valence-electron chi connectivity index (χ0n) is 14.6. The van der Waals surface area contributed by atoms with E-state index in [4.69, 9.17) is 4.98 Å². The summed E-state index contributed by atoms with van der Waals surface area (Å²) in [7, 11) is 4.00. The van der Waals surface area contributed by atoms with Gasteiger partial charge < -0.3 is 14.7 Å². The molecule has 2 fully saturated rings. The molecule has 0 unspecified atom stereocenters. The third-order valence-corrected chi connectivity index (χ3v) is 4.99. The summed E-state index contributed by atoms with van der Waals surface area (Å²) >= 11 is 0. The Kier molecular flexibility index (Phi) is 4.41. The van der Waals surface area contributed by atoms with Crippen molar-refractivity contribution >= 4 is 17.7 Å². The largest absolute Gasteiger partial charge is 0.363 e. The number of aromatic nitrogens is 2. The highest BCUT2D eigenvalue weighted by Crippen LogP contribution is 2.32. The molecule has 3 rings (SSSR count). The first-order valence-corrected chi connectivity index (χ1v) is 8.54. The molecule has 0 spiro atoms. The molecule has 2 saturated heterocycles. The van der Waals surface area contributed by atoms with Crippen molar-refractivity contribution in [3.63, 3.8) is 0 Å². The number of rotatable bonds is 3. The van der Waals surface area contributed by atoms with Gasteiger partial charge in [-0.05, 0) is 32.6 Å². The van der Waals surface area contributed by atoms with Gasteiger partial charge in [0.25, 0.3) is 0 Å². The van der Waals surface area contributed by atoms with Crippen LogP contribution < -0.4 is 9.80 Å². The highest BCUT2D eigenvalue weighted by atomic mass is 16.2. The second-order valence-corrected chi connectivity index (χ2v) is 6.89. The summed E-state index contributed by atoms with van der Waals surface area (Å²) in [4.78, 5) is 27.7. The smallest absolute Gasteiger partial charge is 0.227 e. The Balaban J connectivity index is 1.88. The number of amides is 1. The molecule has 3 heterocycles. The summed E-state index contributed by atoms with van der Waals surface area (Å²) in [5.41, 5.74) is 0.985. The van der Waals surface area contributed by atoms with Crippen LogP contribution >= 0.6 is 0 Å². The fourth-order valence-corrected chi connectivity index (χ4v) is 3.92. The molecule has 0 aromatic carbocycles. The van der Waals surface area contributed by atoms with Crippen molar-refractivity contribution in [1.82, 2.24) is 14.9 Å². The van der Waals surface area contributed by atoms with Crippen LogP contribution in [0.4, 0.5) is 11.8 Å². The molecular weight excluding hydrogens is 290 g/mol. The van der Waals surface area contributed by atoms with E-state index in [-0.39, 0.29) is 5.91 Å². The Morgan fingerprint density at radius 2 is 1.87 bits per heavy atom. The predicted octanol–water partition coefficient (Wildman–Crippen LogP) is 1.83. The molecule has 6 heteroatoms. The molecule has 2 aliphatic heterocycles. The number of hydrogen-bond acceptors (Lipinski definition) is 5. The lowest BCUT2D eigenvalue weighted by Crippen LogP contribution is -2.48. The van der Waals surface area contributed by atoms with Crippen LogP contribution in [0.25, 0.3) is 0 Å². The summed E-state index contributed by atoms with van der Waals surface area (Å²) in [6.45, 7) is 5.57. The molecule has 0 radical (unpaired) electrons. The van der Waals surface area contributed by atoms with E-state index < -0.39 is 0 Å². The van der Waals surface area contributed by atoms with Crippen molar-refractivity contribution < 1.29 is 4.79 Å². The van der Waals surface area contributed by atoms with Gasteiger partial charge in [0.1, 0.15) is 5.82 Å². The van der Waals surface area contributed by atoms with Gasteiger partial charge in [0.05, 0.1) is 12.1 Å². The molecule has 1 aromatic heterocycles. The average molecular weight is 317 g/mol. The van der Waals surface area contributed by atoms with Gasteiger partial charge in [0.15, 0.2) is 0 Å². The van der Waals surface area contributed by atoms with Crippen molar-refractivity contribution in [3.8, 4) is 0 Å². The topological polar surface area (TPSA) is 52.6 Å². The minimum atomic E-state index is 0.193. The van der Waals surface area contributed by atoms with Crippen LogP contribution in [0, 0.1) is 6.92 Å². The van der Waals surface area contributed by atoms with E-state index >= 15 is 0 Å². The van der Waals surface area contributed by atoms with Gasteiger partial charge >= 0.3 is 0 Å². The van der Waals surface area contributed by atoms with E-state index in [0.717, 1.165) is 56.2 Å². The Hall–Kier alpha value is -1.85. The Morgan fingerprint density at radius 1 is 1.17 bits per heavy atom. The van der Waals surface area contributed by atoms with Crippen LogP contribution in [-0.4, -0.2) is 60.0 Å². The van der Waals surface area contributed by atoms with E-state index in [1.165, 1.54) is 0 Å². The fourth-order valence-electron chi connectivity index (χ4n) is 3.92.